The van der Waals surface area contributed by atoms with E-state index < -0.39 is 0 Å². The number of aromatic hydroxyl groups is 1. The lowest BCUT2D eigenvalue weighted by Crippen LogP contribution is -2.31. The topological polar surface area (TPSA) is 99.1 Å². The maximum absolute atomic E-state index is 12.2. The van der Waals surface area contributed by atoms with E-state index in [1.165, 1.54) is 12.3 Å². The molecule has 0 aliphatic carbocycles. The minimum Gasteiger partial charge on any atom is -0.507 e. The minimum atomic E-state index is -0.340. The first-order valence-electron chi connectivity index (χ1n) is 8.13. The Labute approximate surface area is 149 Å². The number of imide groups is 1. The average Bonchev–Trinajstić information content (AvgIpc) is 2.88. The molecular formula is C19H17N3O4. The highest BCUT2D eigenvalue weighted by atomic mass is 16.3. The number of nitrogens with zero attached hydrogens (tertiary/aromatic N) is 2. The van der Waals surface area contributed by atoms with Crippen molar-refractivity contribution in [1.82, 2.24) is 10.3 Å². The van der Waals surface area contributed by atoms with Gasteiger partial charge in [-0.1, -0.05) is 24.3 Å². The SMILES string of the molecule is O=C(CCCN1C(=O)c2ccccc2C1=O)N/N=C\c1ccccc1O. The number of hydrogen-bond acceptors (Lipinski definition) is 5. The zero-order chi connectivity index (χ0) is 18.5. The maximum atomic E-state index is 12.2. The first kappa shape index (κ1) is 17.3. The Morgan fingerprint density at radius 2 is 1.65 bits per heavy atom. The van der Waals surface area contributed by atoms with Gasteiger partial charge < -0.3 is 5.11 Å². The summed E-state index contributed by atoms with van der Waals surface area (Å²) >= 11 is 0. The Balaban J connectivity index is 1.47. The molecule has 1 heterocycles. The van der Waals surface area contributed by atoms with Crippen LogP contribution in [0, 0.1) is 0 Å². The van der Waals surface area contributed by atoms with Gasteiger partial charge in [-0.3, -0.25) is 19.3 Å². The van der Waals surface area contributed by atoms with Gasteiger partial charge in [0.2, 0.25) is 5.91 Å². The molecule has 7 heteroatoms. The predicted octanol–water partition coefficient (Wildman–Crippen LogP) is 1.92. The van der Waals surface area contributed by atoms with Crippen molar-refractivity contribution < 1.29 is 19.5 Å². The molecule has 1 aliphatic heterocycles. The van der Waals surface area contributed by atoms with Crippen molar-refractivity contribution in [3.05, 3.63) is 65.2 Å². The second-order valence-electron chi connectivity index (χ2n) is 5.76. The van der Waals surface area contributed by atoms with Crippen LogP contribution in [0.3, 0.4) is 0 Å². The van der Waals surface area contributed by atoms with Gasteiger partial charge in [0.1, 0.15) is 5.75 Å². The molecule has 0 spiro atoms. The molecule has 2 N–H and O–H groups in total. The summed E-state index contributed by atoms with van der Waals surface area (Å²) in [5.74, 6) is -0.934. The number of hydrazone groups is 1. The minimum absolute atomic E-state index is 0.0659. The summed E-state index contributed by atoms with van der Waals surface area (Å²) in [7, 11) is 0. The predicted molar refractivity (Wildman–Crippen MR) is 94.9 cm³/mol. The third kappa shape index (κ3) is 3.61. The zero-order valence-electron chi connectivity index (χ0n) is 13.9. The van der Waals surface area contributed by atoms with Gasteiger partial charge in [0, 0.05) is 18.5 Å². The number of carbonyl (C=O) groups is 3. The van der Waals surface area contributed by atoms with E-state index in [1.54, 1.807) is 42.5 Å². The van der Waals surface area contributed by atoms with Crippen molar-refractivity contribution in [2.24, 2.45) is 5.10 Å². The van der Waals surface area contributed by atoms with E-state index in [-0.39, 0.29) is 36.4 Å². The third-order valence-corrected chi connectivity index (χ3v) is 3.99. The summed E-state index contributed by atoms with van der Waals surface area (Å²) in [5.41, 5.74) is 3.63. The monoisotopic (exact) mass is 351 g/mol. The van der Waals surface area contributed by atoms with Crippen molar-refractivity contribution in [2.45, 2.75) is 12.8 Å². The standard InChI is InChI=1S/C19H17N3O4/c23-16-9-4-1-6-13(16)12-20-21-17(24)10-5-11-22-18(25)14-7-2-3-8-15(14)19(22)26/h1-4,6-9,12,23H,5,10-11H2,(H,21,24)/b20-12-. The normalized spacial score (nSPS) is 13.3. The van der Waals surface area contributed by atoms with Crippen LogP contribution in [0.25, 0.3) is 0 Å². The van der Waals surface area contributed by atoms with Crippen molar-refractivity contribution in [3.8, 4) is 5.75 Å². The van der Waals surface area contributed by atoms with Gasteiger partial charge >= 0.3 is 0 Å². The van der Waals surface area contributed by atoms with Crippen molar-refractivity contribution in [1.29, 1.82) is 0 Å². The molecule has 0 atom stereocenters. The number of carbonyl (C=O) groups excluding carboxylic acids is 3. The van der Waals surface area contributed by atoms with E-state index >= 15 is 0 Å². The first-order valence-corrected chi connectivity index (χ1v) is 8.13. The van der Waals surface area contributed by atoms with Crippen LogP contribution >= 0.6 is 0 Å². The van der Waals surface area contributed by atoms with Gasteiger partial charge in [0.25, 0.3) is 11.8 Å². The summed E-state index contributed by atoms with van der Waals surface area (Å²) < 4.78 is 0. The average molecular weight is 351 g/mol. The maximum Gasteiger partial charge on any atom is 0.261 e. The number of phenols is 1. The highest BCUT2D eigenvalue weighted by molar-refractivity contribution is 6.21. The summed E-state index contributed by atoms with van der Waals surface area (Å²) in [6.07, 6.45) is 1.80. The molecule has 2 aromatic rings. The number of rotatable bonds is 6. The Hall–Kier alpha value is -3.48. The largest absolute Gasteiger partial charge is 0.507 e. The molecule has 7 nitrogen and oxygen atoms in total. The summed E-state index contributed by atoms with van der Waals surface area (Å²) in [6.45, 7) is 0.170. The lowest BCUT2D eigenvalue weighted by molar-refractivity contribution is -0.121. The van der Waals surface area contributed by atoms with Crippen LogP contribution in [-0.2, 0) is 4.79 Å². The molecule has 132 valence electrons. The molecule has 2 aromatic carbocycles. The molecule has 0 saturated carbocycles. The zero-order valence-corrected chi connectivity index (χ0v) is 13.9. The second-order valence-corrected chi connectivity index (χ2v) is 5.76. The van der Waals surface area contributed by atoms with Crippen molar-refractivity contribution in [2.75, 3.05) is 6.54 Å². The number of para-hydroxylation sites is 1. The van der Waals surface area contributed by atoms with Gasteiger partial charge in [0.05, 0.1) is 17.3 Å². The Kier molecular flexibility index (Phi) is 5.07. The molecule has 1 aliphatic rings. The van der Waals surface area contributed by atoms with Gasteiger partial charge in [-0.25, -0.2) is 5.43 Å². The van der Waals surface area contributed by atoms with Crippen LogP contribution in [0.4, 0.5) is 0 Å². The molecular weight excluding hydrogens is 334 g/mol. The molecule has 3 amide bonds. The third-order valence-electron chi connectivity index (χ3n) is 3.99. The fraction of sp³-hybridized carbons (Fsp3) is 0.158. The smallest absolute Gasteiger partial charge is 0.261 e. The molecule has 0 saturated heterocycles. The van der Waals surface area contributed by atoms with Gasteiger partial charge in [-0.2, -0.15) is 5.10 Å². The lowest BCUT2D eigenvalue weighted by Gasteiger charge is -2.12. The number of amides is 3. The van der Waals surface area contributed by atoms with Crippen LogP contribution in [0.2, 0.25) is 0 Å². The van der Waals surface area contributed by atoms with Crippen LogP contribution < -0.4 is 5.43 Å². The van der Waals surface area contributed by atoms with Crippen LogP contribution in [-0.4, -0.2) is 40.5 Å². The number of fused-ring (bicyclic) bond motifs is 1. The van der Waals surface area contributed by atoms with Crippen molar-refractivity contribution in [3.63, 3.8) is 0 Å². The molecule has 0 aromatic heterocycles. The quantitative estimate of drug-likeness (QED) is 0.472. The van der Waals surface area contributed by atoms with E-state index in [0.29, 0.717) is 23.1 Å². The number of benzene rings is 2. The van der Waals surface area contributed by atoms with Gasteiger partial charge in [-0.15, -0.1) is 0 Å². The Morgan fingerprint density at radius 1 is 1.04 bits per heavy atom. The summed E-state index contributed by atoms with van der Waals surface area (Å²) in [4.78, 5) is 37.4. The van der Waals surface area contributed by atoms with E-state index in [1.807, 2.05) is 0 Å². The van der Waals surface area contributed by atoms with Crippen LogP contribution in [0.5, 0.6) is 5.75 Å². The number of nitrogens with one attached hydrogen (secondary N) is 1. The number of phenolic OH excluding ortho intramolecular Hbond substituents is 1. The molecule has 0 bridgehead atoms. The Bertz CT molecular complexity index is 857. The van der Waals surface area contributed by atoms with Crippen LogP contribution in [0.15, 0.2) is 53.6 Å². The highest BCUT2D eigenvalue weighted by Crippen LogP contribution is 2.22. The van der Waals surface area contributed by atoms with Crippen molar-refractivity contribution >= 4 is 23.9 Å². The molecule has 0 unspecified atom stereocenters. The highest BCUT2D eigenvalue weighted by Gasteiger charge is 2.34. The fourth-order valence-electron chi connectivity index (χ4n) is 2.67. The molecule has 3 rings (SSSR count). The lowest BCUT2D eigenvalue weighted by atomic mass is 10.1. The summed E-state index contributed by atoms with van der Waals surface area (Å²) in [5, 5.41) is 13.4. The van der Waals surface area contributed by atoms with E-state index in [9.17, 15) is 19.5 Å². The van der Waals surface area contributed by atoms with E-state index in [4.69, 9.17) is 0 Å². The Morgan fingerprint density at radius 3 is 2.31 bits per heavy atom. The molecule has 0 fully saturated rings. The first-order chi connectivity index (χ1) is 12.6. The fourth-order valence-corrected chi connectivity index (χ4v) is 2.67. The number of hydrogen-bond donors (Lipinski definition) is 2. The molecule has 26 heavy (non-hydrogen) atoms. The van der Waals surface area contributed by atoms with E-state index in [2.05, 4.69) is 10.5 Å². The molecule has 0 radical (unpaired) electrons. The van der Waals surface area contributed by atoms with Gasteiger partial charge in [0.15, 0.2) is 0 Å². The van der Waals surface area contributed by atoms with Crippen LogP contribution in [0.1, 0.15) is 39.1 Å². The second kappa shape index (κ2) is 7.60. The summed E-state index contributed by atoms with van der Waals surface area (Å²) in [6, 6.07) is 13.3. The van der Waals surface area contributed by atoms with Gasteiger partial charge in [-0.05, 0) is 30.7 Å². The van der Waals surface area contributed by atoms with E-state index in [0.717, 1.165) is 4.90 Å².